The number of carbonyl (C=O) groups is 1. The summed E-state index contributed by atoms with van der Waals surface area (Å²) < 4.78 is 6.48. The fraction of sp³-hybridized carbons (Fsp3) is 0.500. The predicted octanol–water partition coefficient (Wildman–Crippen LogP) is 3.62. The largest absolute Gasteiger partial charge is 0.492 e. The standard InChI is InChI=1S/C14H20BrNO2/c1-4-16-14(17)11-5-6-13(12(15)9-11)18-8-7-10(2)3/h5-6,9-10H,4,7-8H2,1-3H3,(H,16,17). The molecule has 3 nitrogen and oxygen atoms in total. The Morgan fingerprint density at radius 3 is 2.72 bits per heavy atom. The zero-order valence-electron chi connectivity index (χ0n) is 11.1. The number of ether oxygens (including phenoxy) is 1. The van der Waals surface area contributed by atoms with E-state index >= 15 is 0 Å². The number of hydrogen-bond donors (Lipinski definition) is 1. The van der Waals surface area contributed by atoms with Crippen LogP contribution in [0.3, 0.4) is 0 Å². The monoisotopic (exact) mass is 313 g/mol. The van der Waals surface area contributed by atoms with Crippen LogP contribution >= 0.6 is 15.9 Å². The van der Waals surface area contributed by atoms with Gasteiger partial charge in [0.25, 0.3) is 5.91 Å². The molecule has 1 amide bonds. The van der Waals surface area contributed by atoms with E-state index in [1.165, 1.54) is 0 Å². The Labute approximate surface area is 117 Å². The van der Waals surface area contributed by atoms with Crippen LogP contribution in [-0.4, -0.2) is 19.1 Å². The summed E-state index contributed by atoms with van der Waals surface area (Å²) in [6.07, 6.45) is 1.02. The molecule has 0 fully saturated rings. The molecular weight excluding hydrogens is 294 g/mol. The first-order chi connectivity index (χ1) is 8.54. The van der Waals surface area contributed by atoms with Crippen molar-refractivity contribution in [2.75, 3.05) is 13.2 Å². The zero-order valence-corrected chi connectivity index (χ0v) is 12.7. The van der Waals surface area contributed by atoms with Gasteiger partial charge >= 0.3 is 0 Å². The topological polar surface area (TPSA) is 38.3 Å². The highest BCUT2D eigenvalue weighted by atomic mass is 79.9. The van der Waals surface area contributed by atoms with Gasteiger partial charge < -0.3 is 10.1 Å². The third kappa shape index (κ3) is 4.69. The number of rotatable bonds is 6. The summed E-state index contributed by atoms with van der Waals surface area (Å²) in [5.74, 6) is 1.34. The molecular formula is C14H20BrNO2. The Balaban J connectivity index is 2.65. The van der Waals surface area contributed by atoms with E-state index in [-0.39, 0.29) is 5.91 Å². The number of halogens is 1. The van der Waals surface area contributed by atoms with Crippen LogP contribution in [0.4, 0.5) is 0 Å². The van der Waals surface area contributed by atoms with Crippen LogP contribution in [0.15, 0.2) is 22.7 Å². The first kappa shape index (κ1) is 15.0. The van der Waals surface area contributed by atoms with E-state index in [4.69, 9.17) is 4.74 Å². The predicted molar refractivity (Wildman–Crippen MR) is 77.1 cm³/mol. The van der Waals surface area contributed by atoms with E-state index in [1.807, 2.05) is 13.0 Å². The van der Waals surface area contributed by atoms with E-state index in [0.717, 1.165) is 16.6 Å². The van der Waals surface area contributed by atoms with Crippen LogP contribution in [0.5, 0.6) is 5.75 Å². The van der Waals surface area contributed by atoms with Gasteiger partial charge in [0, 0.05) is 12.1 Å². The van der Waals surface area contributed by atoms with Crippen molar-refractivity contribution >= 4 is 21.8 Å². The number of hydrogen-bond acceptors (Lipinski definition) is 2. The molecule has 0 unspecified atom stereocenters. The molecule has 4 heteroatoms. The van der Waals surface area contributed by atoms with E-state index in [2.05, 4.69) is 35.1 Å². The zero-order chi connectivity index (χ0) is 13.5. The number of nitrogens with one attached hydrogen (secondary N) is 1. The number of benzene rings is 1. The van der Waals surface area contributed by atoms with Crippen molar-refractivity contribution in [1.82, 2.24) is 5.32 Å². The van der Waals surface area contributed by atoms with Gasteiger partial charge in [-0.3, -0.25) is 4.79 Å². The molecule has 0 aliphatic heterocycles. The van der Waals surface area contributed by atoms with Crippen molar-refractivity contribution in [1.29, 1.82) is 0 Å². The van der Waals surface area contributed by atoms with Crippen LogP contribution in [0.2, 0.25) is 0 Å². The highest BCUT2D eigenvalue weighted by Gasteiger charge is 2.08. The molecule has 0 heterocycles. The summed E-state index contributed by atoms with van der Waals surface area (Å²) in [5.41, 5.74) is 0.639. The average Bonchev–Trinajstić information content (AvgIpc) is 2.31. The second-order valence-corrected chi connectivity index (χ2v) is 5.39. The van der Waals surface area contributed by atoms with Crippen LogP contribution in [0.1, 0.15) is 37.6 Å². The third-order valence-corrected chi connectivity index (χ3v) is 3.10. The Hall–Kier alpha value is -1.03. The molecule has 1 rings (SSSR count). The highest BCUT2D eigenvalue weighted by molar-refractivity contribution is 9.10. The van der Waals surface area contributed by atoms with Gasteiger partial charge in [-0.1, -0.05) is 13.8 Å². The van der Waals surface area contributed by atoms with Crippen molar-refractivity contribution in [3.8, 4) is 5.75 Å². The lowest BCUT2D eigenvalue weighted by atomic mass is 10.1. The maximum atomic E-state index is 11.6. The molecule has 18 heavy (non-hydrogen) atoms. The lowest BCUT2D eigenvalue weighted by Crippen LogP contribution is -2.22. The minimum Gasteiger partial charge on any atom is -0.492 e. The summed E-state index contributed by atoms with van der Waals surface area (Å²) >= 11 is 3.43. The van der Waals surface area contributed by atoms with Crippen LogP contribution in [0.25, 0.3) is 0 Å². The van der Waals surface area contributed by atoms with E-state index in [9.17, 15) is 4.79 Å². The molecule has 0 bridgehead atoms. The molecule has 0 aliphatic rings. The van der Waals surface area contributed by atoms with Gasteiger partial charge in [0.05, 0.1) is 11.1 Å². The van der Waals surface area contributed by atoms with E-state index in [1.54, 1.807) is 12.1 Å². The molecule has 0 aliphatic carbocycles. The van der Waals surface area contributed by atoms with Crippen molar-refractivity contribution in [2.24, 2.45) is 5.92 Å². The average molecular weight is 314 g/mol. The molecule has 0 saturated carbocycles. The fourth-order valence-electron chi connectivity index (χ4n) is 1.43. The molecule has 0 aromatic heterocycles. The maximum absolute atomic E-state index is 11.6. The Kier molecular flexibility index (Phi) is 6.19. The molecule has 0 spiro atoms. The molecule has 1 N–H and O–H groups in total. The lowest BCUT2D eigenvalue weighted by Gasteiger charge is -2.11. The third-order valence-electron chi connectivity index (χ3n) is 2.48. The fourth-order valence-corrected chi connectivity index (χ4v) is 1.92. The van der Waals surface area contributed by atoms with Gasteiger partial charge in [-0.25, -0.2) is 0 Å². The Morgan fingerprint density at radius 2 is 2.17 bits per heavy atom. The van der Waals surface area contributed by atoms with Gasteiger partial charge in [0.2, 0.25) is 0 Å². The Bertz CT molecular complexity index is 405. The molecule has 1 aromatic rings. The van der Waals surface area contributed by atoms with Crippen LogP contribution < -0.4 is 10.1 Å². The second-order valence-electron chi connectivity index (χ2n) is 4.54. The molecule has 100 valence electrons. The molecule has 0 radical (unpaired) electrons. The van der Waals surface area contributed by atoms with Crippen molar-refractivity contribution in [3.05, 3.63) is 28.2 Å². The first-order valence-electron chi connectivity index (χ1n) is 6.25. The van der Waals surface area contributed by atoms with Gasteiger partial charge in [-0.05, 0) is 53.4 Å². The van der Waals surface area contributed by atoms with Crippen molar-refractivity contribution in [2.45, 2.75) is 27.2 Å². The van der Waals surface area contributed by atoms with Gasteiger partial charge in [0.15, 0.2) is 0 Å². The van der Waals surface area contributed by atoms with Crippen molar-refractivity contribution in [3.63, 3.8) is 0 Å². The minimum absolute atomic E-state index is 0.0630. The molecule has 0 saturated heterocycles. The first-order valence-corrected chi connectivity index (χ1v) is 7.04. The smallest absolute Gasteiger partial charge is 0.251 e. The minimum atomic E-state index is -0.0630. The summed E-state index contributed by atoms with van der Waals surface area (Å²) in [4.78, 5) is 11.6. The molecule has 1 aromatic carbocycles. The Morgan fingerprint density at radius 1 is 1.44 bits per heavy atom. The lowest BCUT2D eigenvalue weighted by molar-refractivity contribution is 0.0955. The van der Waals surface area contributed by atoms with E-state index < -0.39 is 0 Å². The van der Waals surface area contributed by atoms with Crippen LogP contribution in [0, 0.1) is 5.92 Å². The second kappa shape index (κ2) is 7.41. The van der Waals surface area contributed by atoms with Gasteiger partial charge in [-0.15, -0.1) is 0 Å². The van der Waals surface area contributed by atoms with E-state index in [0.29, 0.717) is 24.6 Å². The van der Waals surface area contributed by atoms with Crippen molar-refractivity contribution < 1.29 is 9.53 Å². The number of amides is 1. The van der Waals surface area contributed by atoms with Gasteiger partial charge in [0.1, 0.15) is 5.75 Å². The normalized spacial score (nSPS) is 10.5. The maximum Gasteiger partial charge on any atom is 0.251 e. The highest BCUT2D eigenvalue weighted by Crippen LogP contribution is 2.26. The molecule has 0 atom stereocenters. The van der Waals surface area contributed by atoms with Gasteiger partial charge in [-0.2, -0.15) is 0 Å². The summed E-state index contributed by atoms with van der Waals surface area (Å²) in [6, 6.07) is 5.39. The number of carbonyl (C=O) groups excluding carboxylic acids is 1. The summed E-state index contributed by atoms with van der Waals surface area (Å²) in [5, 5.41) is 2.77. The van der Waals surface area contributed by atoms with Crippen LogP contribution in [-0.2, 0) is 0 Å². The quantitative estimate of drug-likeness (QED) is 0.871. The SMILES string of the molecule is CCNC(=O)c1ccc(OCCC(C)C)c(Br)c1. The summed E-state index contributed by atoms with van der Waals surface area (Å²) in [6.45, 7) is 7.55. The summed E-state index contributed by atoms with van der Waals surface area (Å²) in [7, 11) is 0.